The average molecular weight is 469 g/mol. The number of H-pyrrole nitrogens is 1. The third-order valence-corrected chi connectivity index (χ3v) is 8.68. The van der Waals surface area contributed by atoms with E-state index in [1.54, 1.807) is 18.4 Å². The molecule has 0 atom stereocenters. The third kappa shape index (κ3) is 3.75. The number of amides is 1. The Kier molecular flexibility index (Phi) is 5.82. The van der Waals surface area contributed by atoms with E-state index in [0.717, 1.165) is 69.8 Å². The number of hydrogen-bond acceptors (Lipinski definition) is 6. The summed E-state index contributed by atoms with van der Waals surface area (Å²) in [6.07, 6.45) is 4.07. The molecule has 0 saturated carbocycles. The first kappa shape index (κ1) is 21.3. The third-order valence-electron chi connectivity index (χ3n) is 6.47. The Hall–Kier alpha value is -2.58. The molecule has 4 aromatic rings. The van der Waals surface area contributed by atoms with Crippen LogP contribution in [0.2, 0.25) is 0 Å². The summed E-state index contributed by atoms with van der Waals surface area (Å²) in [5, 5.41) is 2.27. The van der Waals surface area contributed by atoms with Gasteiger partial charge in [-0.05, 0) is 62.4 Å². The van der Waals surface area contributed by atoms with Gasteiger partial charge in [0.05, 0.1) is 16.7 Å². The molecule has 4 heterocycles. The van der Waals surface area contributed by atoms with Crippen molar-refractivity contribution in [2.75, 3.05) is 38.2 Å². The number of anilines is 1. The topological polar surface area (TPSA) is 61.5 Å². The summed E-state index contributed by atoms with van der Waals surface area (Å²) in [6.45, 7) is 7.74. The van der Waals surface area contributed by atoms with Crippen LogP contribution in [0.5, 0.6) is 5.75 Å². The Morgan fingerprint density at radius 1 is 1.22 bits per heavy atom. The SMILES string of the molecule is CCN(CC)c1nc2sc(C(=O)N3CCC(c4c[nH]c5ccc(OC)cc45)CC3)cc2s1. The van der Waals surface area contributed by atoms with Crippen LogP contribution in [-0.2, 0) is 0 Å². The minimum Gasteiger partial charge on any atom is -0.497 e. The minimum atomic E-state index is 0.142. The van der Waals surface area contributed by atoms with Gasteiger partial charge in [0.1, 0.15) is 10.6 Å². The summed E-state index contributed by atoms with van der Waals surface area (Å²) in [6, 6.07) is 8.19. The Morgan fingerprint density at radius 2 is 2.00 bits per heavy atom. The highest BCUT2D eigenvalue weighted by Crippen LogP contribution is 2.37. The number of aromatic nitrogens is 2. The van der Waals surface area contributed by atoms with Crippen LogP contribution in [0.25, 0.3) is 20.4 Å². The number of aromatic amines is 1. The van der Waals surface area contributed by atoms with Crippen LogP contribution in [0.1, 0.15) is 47.8 Å². The van der Waals surface area contributed by atoms with Gasteiger partial charge >= 0.3 is 0 Å². The molecule has 6 nitrogen and oxygen atoms in total. The molecule has 0 radical (unpaired) electrons. The normalized spacial score (nSPS) is 15.0. The molecule has 5 rings (SSSR count). The highest BCUT2D eigenvalue weighted by Gasteiger charge is 2.27. The standard InChI is InChI=1S/C24H28N4O2S2/c1-4-27(5-2)24-26-22-20(32-24)13-21(31-22)23(29)28-10-8-15(9-11-28)18-14-25-19-7-6-16(30-3)12-17(18)19/h6-7,12-15,25H,4-5,8-11H2,1-3H3. The van der Waals surface area contributed by atoms with Crippen LogP contribution < -0.4 is 9.64 Å². The number of rotatable bonds is 6. The molecule has 1 aliphatic rings. The van der Waals surface area contributed by atoms with Gasteiger partial charge in [-0.25, -0.2) is 4.98 Å². The number of hydrogen-bond donors (Lipinski definition) is 1. The van der Waals surface area contributed by atoms with Crippen molar-refractivity contribution < 1.29 is 9.53 Å². The molecule has 1 aliphatic heterocycles. The van der Waals surface area contributed by atoms with Crippen molar-refractivity contribution >= 4 is 54.1 Å². The van der Waals surface area contributed by atoms with E-state index in [-0.39, 0.29) is 5.91 Å². The molecule has 1 amide bonds. The second kappa shape index (κ2) is 8.75. The van der Waals surface area contributed by atoms with E-state index in [9.17, 15) is 4.79 Å². The number of nitrogens with one attached hydrogen (secondary N) is 1. The van der Waals surface area contributed by atoms with Crippen LogP contribution in [0, 0.1) is 0 Å². The molecule has 3 aromatic heterocycles. The van der Waals surface area contributed by atoms with E-state index in [2.05, 4.69) is 42.1 Å². The molecule has 0 spiro atoms. The number of nitrogens with zero attached hydrogens (tertiary/aromatic N) is 3. The fraction of sp³-hybridized carbons (Fsp3) is 0.417. The van der Waals surface area contributed by atoms with Crippen molar-refractivity contribution in [1.29, 1.82) is 0 Å². The summed E-state index contributed by atoms with van der Waals surface area (Å²) in [7, 11) is 1.70. The molecule has 168 valence electrons. The number of benzene rings is 1. The fourth-order valence-corrected chi connectivity index (χ4v) is 6.90. The van der Waals surface area contributed by atoms with E-state index >= 15 is 0 Å². The second-order valence-electron chi connectivity index (χ2n) is 8.17. The van der Waals surface area contributed by atoms with E-state index in [1.165, 1.54) is 22.3 Å². The molecular weight excluding hydrogens is 440 g/mol. The van der Waals surface area contributed by atoms with Crippen LogP contribution in [0.4, 0.5) is 5.13 Å². The zero-order valence-electron chi connectivity index (χ0n) is 18.7. The van der Waals surface area contributed by atoms with Crippen LogP contribution >= 0.6 is 22.7 Å². The van der Waals surface area contributed by atoms with Gasteiger partial charge in [0.2, 0.25) is 0 Å². The number of thiophene rings is 1. The minimum absolute atomic E-state index is 0.142. The van der Waals surface area contributed by atoms with Crippen molar-refractivity contribution in [3.63, 3.8) is 0 Å². The zero-order chi connectivity index (χ0) is 22.2. The Labute approximate surface area is 195 Å². The van der Waals surface area contributed by atoms with Gasteiger partial charge in [-0.1, -0.05) is 11.3 Å². The molecular formula is C24H28N4O2S2. The number of fused-ring (bicyclic) bond motifs is 2. The van der Waals surface area contributed by atoms with Crippen molar-refractivity contribution in [1.82, 2.24) is 14.9 Å². The van der Waals surface area contributed by atoms with Gasteiger partial charge in [0.25, 0.3) is 5.91 Å². The number of piperidine rings is 1. The second-order valence-corrected chi connectivity index (χ2v) is 10.2. The van der Waals surface area contributed by atoms with E-state index in [4.69, 9.17) is 9.72 Å². The van der Waals surface area contributed by atoms with Crippen molar-refractivity contribution in [2.24, 2.45) is 0 Å². The van der Waals surface area contributed by atoms with Gasteiger partial charge in [0, 0.05) is 43.3 Å². The summed E-state index contributed by atoms with van der Waals surface area (Å²) in [4.78, 5) is 27.4. The molecule has 1 fully saturated rings. The van der Waals surface area contributed by atoms with Crippen LogP contribution in [0.3, 0.4) is 0 Å². The number of carbonyl (C=O) groups excluding carboxylic acids is 1. The molecule has 0 aliphatic carbocycles. The Morgan fingerprint density at radius 3 is 2.69 bits per heavy atom. The predicted molar refractivity (Wildman–Crippen MR) is 134 cm³/mol. The molecule has 8 heteroatoms. The summed E-state index contributed by atoms with van der Waals surface area (Å²) < 4.78 is 6.52. The summed E-state index contributed by atoms with van der Waals surface area (Å²) in [5.74, 6) is 1.47. The lowest BCUT2D eigenvalue weighted by atomic mass is 9.89. The average Bonchev–Trinajstić information content (AvgIpc) is 3.52. The fourth-order valence-electron chi connectivity index (χ4n) is 4.59. The van der Waals surface area contributed by atoms with Gasteiger partial charge in [0.15, 0.2) is 5.13 Å². The predicted octanol–water partition coefficient (Wildman–Crippen LogP) is 5.71. The number of carbonyl (C=O) groups is 1. The highest BCUT2D eigenvalue weighted by molar-refractivity contribution is 7.29. The monoisotopic (exact) mass is 468 g/mol. The van der Waals surface area contributed by atoms with Crippen molar-refractivity contribution in [2.45, 2.75) is 32.6 Å². The summed E-state index contributed by atoms with van der Waals surface area (Å²) in [5.41, 5.74) is 2.46. The first-order valence-corrected chi connectivity index (χ1v) is 12.8. The van der Waals surface area contributed by atoms with E-state index < -0.39 is 0 Å². The van der Waals surface area contributed by atoms with Crippen molar-refractivity contribution in [3.05, 3.63) is 40.9 Å². The van der Waals surface area contributed by atoms with Crippen LogP contribution in [-0.4, -0.2) is 54.1 Å². The highest BCUT2D eigenvalue weighted by atomic mass is 32.1. The molecule has 0 bridgehead atoms. The number of thiazole rings is 1. The lowest BCUT2D eigenvalue weighted by Crippen LogP contribution is -2.37. The molecule has 0 unspecified atom stereocenters. The quantitative estimate of drug-likeness (QED) is 0.393. The lowest BCUT2D eigenvalue weighted by Gasteiger charge is -2.31. The Balaban J connectivity index is 1.28. The molecule has 32 heavy (non-hydrogen) atoms. The number of likely N-dealkylation sites (tertiary alicyclic amines) is 1. The first-order chi connectivity index (χ1) is 15.6. The lowest BCUT2D eigenvalue weighted by molar-refractivity contribution is 0.0718. The van der Waals surface area contributed by atoms with E-state index in [1.807, 2.05) is 17.0 Å². The van der Waals surface area contributed by atoms with Crippen molar-refractivity contribution in [3.8, 4) is 5.75 Å². The van der Waals surface area contributed by atoms with E-state index in [0.29, 0.717) is 5.92 Å². The van der Waals surface area contributed by atoms with Gasteiger partial charge in [-0.15, -0.1) is 11.3 Å². The smallest absolute Gasteiger partial charge is 0.264 e. The largest absolute Gasteiger partial charge is 0.497 e. The van der Waals surface area contributed by atoms with Gasteiger partial charge in [-0.2, -0.15) is 0 Å². The maximum atomic E-state index is 13.2. The number of methoxy groups -OCH3 is 1. The van der Waals surface area contributed by atoms with Crippen LogP contribution in [0.15, 0.2) is 30.5 Å². The molecule has 1 aromatic carbocycles. The zero-order valence-corrected chi connectivity index (χ0v) is 20.3. The maximum absolute atomic E-state index is 13.2. The maximum Gasteiger partial charge on any atom is 0.264 e. The Bertz CT molecular complexity index is 1210. The molecule has 1 N–H and O–H groups in total. The van der Waals surface area contributed by atoms with Gasteiger partial charge in [-0.3, -0.25) is 4.79 Å². The number of ether oxygens (including phenoxy) is 1. The first-order valence-electron chi connectivity index (χ1n) is 11.2. The summed E-state index contributed by atoms with van der Waals surface area (Å²) >= 11 is 3.21. The molecule has 1 saturated heterocycles. The van der Waals surface area contributed by atoms with Gasteiger partial charge < -0.3 is 19.5 Å².